The van der Waals surface area contributed by atoms with Crippen molar-refractivity contribution in [2.24, 2.45) is 5.73 Å². The number of aliphatic hydroxyl groups is 1. The summed E-state index contributed by atoms with van der Waals surface area (Å²) in [6.45, 7) is 0.313. The molecule has 0 radical (unpaired) electrons. The first-order chi connectivity index (χ1) is 9.13. The highest BCUT2D eigenvalue weighted by molar-refractivity contribution is 6.42. The topological polar surface area (TPSA) is 59.1 Å². The van der Waals surface area contributed by atoms with Crippen molar-refractivity contribution in [3.63, 3.8) is 0 Å². The number of hydrogen-bond acceptors (Lipinski definition) is 3. The van der Waals surface area contributed by atoms with Crippen LogP contribution in [0.5, 0.6) is 0 Å². The summed E-state index contributed by atoms with van der Waals surface area (Å²) in [5, 5.41) is 11.3. The van der Waals surface area contributed by atoms with Gasteiger partial charge in [-0.15, -0.1) is 0 Å². The van der Waals surface area contributed by atoms with Crippen LogP contribution in [0.15, 0.2) is 42.7 Å². The van der Waals surface area contributed by atoms with E-state index in [0.717, 1.165) is 5.56 Å². The third-order valence-corrected chi connectivity index (χ3v) is 3.77. The van der Waals surface area contributed by atoms with E-state index < -0.39 is 6.10 Å². The maximum atomic E-state index is 10.4. The van der Waals surface area contributed by atoms with Crippen LogP contribution in [0.25, 0.3) is 0 Å². The molecule has 3 N–H and O–H groups in total. The molecule has 1 aromatic carbocycles. The molecule has 1 aromatic heterocycles. The van der Waals surface area contributed by atoms with Crippen molar-refractivity contribution < 1.29 is 5.11 Å². The van der Waals surface area contributed by atoms with Gasteiger partial charge >= 0.3 is 0 Å². The molecule has 2 unspecified atom stereocenters. The summed E-state index contributed by atoms with van der Waals surface area (Å²) >= 11 is 11.8. The first-order valence-corrected chi connectivity index (χ1v) is 6.62. The van der Waals surface area contributed by atoms with E-state index in [0.29, 0.717) is 22.2 Å². The van der Waals surface area contributed by atoms with Gasteiger partial charge in [0.15, 0.2) is 0 Å². The van der Waals surface area contributed by atoms with E-state index in [1.165, 1.54) is 0 Å². The van der Waals surface area contributed by atoms with Crippen molar-refractivity contribution in [3.05, 3.63) is 63.9 Å². The molecule has 2 aromatic rings. The Balaban J connectivity index is 2.30. The minimum absolute atomic E-state index is 0.231. The van der Waals surface area contributed by atoms with Crippen molar-refractivity contribution in [1.82, 2.24) is 4.98 Å². The molecule has 0 aliphatic heterocycles. The van der Waals surface area contributed by atoms with E-state index in [4.69, 9.17) is 28.9 Å². The number of hydrogen-bond donors (Lipinski definition) is 2. The number of nitrogens with zero attached hydrogens (tertiary/aromatic N) is 1. The van der Waals surface area contributed by atoms with E-state index in [-0.39, 0.29) is 5.92 Å². The van der Waals surface area contributed by atoms with Crippen LogP contribution in [0.2, 0.25) is 10.0 Å². The molecule has 5 heteroatoms. The van der Waals surface area contributed by atoms with Crippen LogP contribution in [0.3, 0.4) is 0 Å². The minimum Gasteiger partial charge on any atom is -0.388 e. The normalized spacial score (nSPS) is 14.1. The Hall–Kier alpha value is -1.13. The van der Waals surface area contributed by atoms with Crippen molar-refractivity contribution in [2.75, 3.05) is 6.54 Å². The van der Waals surface area contributed by atoms with Crippen LogP contribution < -0.4 is 5.73 Å². The van der Waals surface area contributed by atoms with Gasteiger partial charge in [-0.05, 0) is 29.3 Å². The van der Waals surface area contributed by atoms with E-state index >= 15 is 0 Å². The minimum atomic E-state index is -0.746. The highest BCUT2D eigenvalue weighted by Gasteiger charge is 2.22. The van der Waals surface area contributed by atoms with Crippen LogP contribution in [0.1, 0.15) is 23.1 Å². The van der Waals surface area contributed by atoms with E-state index in [2.05, 4.69) is 4.98 Å². The first kappa shape index (κ1) is 14.3. The quantitative estimate of drug-likeness (QED) is 0.911. The molecule has 0 bridgehead atoms. The molecule has 0 saturated carbocycles. The number of aromatic nitrogens is 1. The van der Waals surface area contributed by atoms with Gasteiger partial charge in [0.25, 0.3) is 0 Å². The molecule has 0 saturated heterocycles. The van der Waals surface area contributed by atoms with Crippen LogP contribution in [-0.4, -0.2) is 16.6 Å². The molecule has 0 amide bonds. The molecule has 0 spiro atoms. The van der Waals surface area contributed by atoms with Gasteiger partial charge in [0.05, 0.1) is 16.1 Å². The Labute approximate surface area is 122 Å². The average molecular weight is 297 g/mol. The lowest BCUT2D eigenvalue weighted by molar-refractivity contribution is 0.147. The number of rotatable bonds is 4. The number of benzene rings is 1. The standard InChI is InChI=1S/C14H14Cl2N2O/c15-12-4-3-9(6-13(12)16)14(19)11(7-17)10-2-1-5-18-8-10/h1-6,8,11,14,19H,7,17H2. The van der Waals surface area contributed by atoms with Gasteiger partial charge in [0.2, 0.25) is 0 Å². The summed E-state index contributed by atoms with van der Waals surface area (Å²) in [4.78, 5) is 4.05. The molecule has 2 rings (SSSR count). The van der Waals surface area contributed by atoms with Crippen LogP contribution in [0, 0.1) is 0 Å². The third kappa shape index (κ3) is 3.25. The SMILES string of the molecule is NCC(c1cccnc1)C(O)c1ccc(Cl)c(Cl)c1. The molecule has 0 fully saturated rings. The van der Waals surface area contributed by atoms with Gasteiger partial charge in [-0.2, -0.15) is 0 Å². The number of aliphatic hydroxyl groups excluding tert-OH is 1. The molecular weight excluding hydrogens is 283 g/mol. The zero-order valence-corrected chi connectivity index (χ0v) is 11.6. The van der Waals surface area contributed by atoms with E-state index in [9.17, 15) is 5.11 Å². The zero-order chi connectivity index (χ0) is 13.8. The van der Waals surface area contributed by atoms with E-state index in [1.807, 2.05) is 12.1 Å². The summed E-state index contributed by atoms with van der Waals surface area (Å²) in [5.41, 5.74) is 7.34. The van der Waals surface area contributed by atoms with Gasteiger partial charge in [0.1, 0.15) is 0 Å². The Bertz CT molecular complexity index is 548. The number of halogens is 2. The second-order valence-corrected chi connectivity index (χ2v) is 5.06. The third-order valence-electron chi connectivity index (χ3n) is 3.03. The first-order valence-electron chi connectivity index (χ1n) is 5.86. The second-order valence-electron chi connectivity index (χ2n) is 4.25. The lowest BCUT2D eigenvalue weighted by Gasteiger charge is -2.22. The number of nitrogens with two attached hydrogens (primary N) is 1. The van der Waals surface area contributed by atoms with Gasteiger partial charge < -0.3 is 10.8 Å². The summed E-state index contributed by atoms with van der Waals surface area (Å²) in [7, 11) is 0. The molecule has 19 heavy (non-hydrogen) atoms. The van der Waals surface area contributed by atoms with Crippen LogP contribution in [-0.2, 0) is 0 Å². The molecule has 3 nitrogen and oxygen atoms in total. The maximum absolute atomic E-state index is 10.4. The molecular formula is C14H14Cl2N2O. The lowest BCUT2D eigenvalue weighted by atomic mass is 9.90. The van der Waals surface area contributed by atoms with Gasteiger partial charge in [-0.3, -0.25) is 4.98 Å². The fourth-order valence-electron chi connectivity index (χ4n) is 1.97. The largest absolute Gasteiger partial charge is 0.388 e. The zero-order valence-electron chi connectivity index (χ0n) is 10.1. The molecule has 0 aliphatic carbocycles. The van der Waals surface area contributed by atoms with Crippen molar-refractivity contribution in [2.45, 2.75) is 12.0 Å². The molecule has 0 aliphatic rings. The Morgan fingerprint density at radius 2 is 1.95 bits per heavy atom. The average Bonchev–Trinajstić information content (AvgIpc) is 2.44. The smallest absolute Gasteiger partial charge is 0.0871 e. The molecule has 1 heterocycles. The van der Waals surface area contributed by atoms with Crippen molar-refractivity contribution >= 4 is 23.2 Å². The van der Waals surface area contributed by atoms with Gasteiger partial charge in [-0.1, -0.05) is 35.3 Å². The van der Waals surface area contributed by atoms with E-state index in [1.54, 1.807) is 30.6 Å². The summed E-state index contributed by atoms with van der Waals surface area (Å²) in [6.07, 6.45) is 2.64. The van der Waals surface area contributed by atoms with Gasteiger partial charge in [-0.25, -0.2) is 0 Å². The molecule has 2 atom stereocenters. The maximum Gasteiger partial charge on any atom is 0.0871 e. The lowest BCUT2D eigenvalue weighted by Crippen LogP contribution is -2.20. The van der Waals surface area contributed by atoms with Crippen LogP contribution >= 0.6 is 23.2 Å². The highest BCUT2D eigenvalue weighted by atomic mass is 35.5. The predicted molar refractivity (Wildman–Crippen MR) is 77.5 cm³/mol. The van der Waals surface area contributed by atoms with Crippen molar-refractivity contribution in [1.29, 1.82) is 0 Å². The van der Waals surface area contributed by atoms with Gasteiger partial charge in [0, 0.05) is 24.9 Å². The molecule has 100 valence electrons. The Morgan fingerprint density at radius 1 is 1.16 bits per heavy atom. The Morgan fingerprint density at radius 3 is 2.53 bits per heavy atom. The predicted octanol–water partition coefficient (Wildman–Crippen LogP) is 3.16. The van der Waals surface area contributed by atoms with Crippen molar-refractivity contribution in [3.8, 4) is 0 Å². The van der Waals surface area contributed by atoms with Crippen LogP contribution in [0.4, 0.5) is 0 Å². The fourth-order valence-corrected chi connectivity index (χ4v) is 2.28. The Kier molecular flexibility index (Phi) is 4.77. The summed E-state index contributed by atoms with van der Waals surface area (Å²) < 4.78 is 0. The monoisotopic (exact) mass is 296 g/mol. The number of pyridine rings is 1. The summed E-state index contributed by atoms with van der Waals surface area (Å²) in [5.74, 6) is -0.231. The second kappa shape index (κ2) is 6.35. The fraction of sp³-hybridized carbons (Fsp3) is 0.214. The highest BCUT2D eigenvalue weighted by Crippen LogP contribution is 2.33. The summed E-state index contributed by atoms with van der Waals surface area (Å²) in [6, 6.07) is 8.79.